The van der Waals surface area contributed by atoms with Crippen molar-refractivity contribution in [2.45, 2.75) is 32.1 Å². The standard InChI is InChI=1S/C8H6O4.C8H16O2.C2H4/c9-7(10)5-1-2-6(4-3-5)8(11)12;9-6-8(7-10)4-2-1-3-5-8;1-2/h1-4H,(H,9,10)(H,11,12);9-10H,1-7H2;1-2H2. The molecule has 0 atom stereocenters. The summed E-state index contributed by atoms with van der Waals surface area (Å²) >= 11 is 0. The van der Waals surface area contributed by atoms with Crippen LogP contribution in [0.3, 0.4) is 0 Å². The molecule has 6 heteroatoms. The summed E-state index contributed by atoms with van der Waals surface area (Å²) in [7, 11) is 0. The maximum Gasteiger partial charge on any atom is 0.335 e. The second kappa shape index (κ2) is 11.4. The van der Waals surface area contributed by atoms with Gasteiger partial charge in [0.25, 0.3) is 0 Å². The molecule has 0 spiro atoms. The summed E-state index contributed by atoms with van der Waals surface area (Å²) in [6.45, 7) is 6.31. The zero-order valence-electron chi connectivity index (χ0n) is 13.8. The van der Waals surface area contributed by atoms with E-state index in [0.717, 1.165) is 12.8 Å². The molecule has 2 rings (SSSR count). The van der Waals surface area contributed by atoms with Gasteiger partial charge in [0.1, 0.15) is 0 Å². The van der Waals surface area contributed by atoms with E-state index >= 15 is 0 Å². The number of carboxylic acids is 2. The van der Waals surface area contributed by atoms with Crippen LogP contribution in [0.1, 0.15) is 52.8 Å². The van der Waals surface area contributed by atoms with Crippen molar-refractivity contribution in [1.82, 2.24) is 0 Å². The van der Waals surface area contributed by atoms with E-state index in [9.17, 15) is 9.59 Å². The van der Waals surface area contributed by atoms with Gasteiger partial charge in [0.15, 0.2) is 0 Å². The largest absolute Gasteiger partial charge is 0.478 e. The van der Waals surface area contributed by atoms with E-state index in [1.807, 2.05) is 0 Å². The summed E-state index contributed by atoms with van der Waals surface area (Å²) in [5.74, 6) is -2.13. The average Bonchev–Trinajstić information content (AvgIpc) is 2.64. The number of aromatic carboxylic acids is 2. The molecule has 0 amide bonds. The van der Waals surface area contributed by atoms with E-state index in [1.54, 1.807) is 0 Å². The van der Waals surface area contributed by atoms with Crippen LogP contribution in [0.5, 0.6) is 0 Å². The van der Waals surface area contributed by atoms with E-state index in [2.05, 4.69) is 13.2 Å². The summed E-state index contributed by atoms with van der Waals surface area (Å²) in [6.07, 6.45) is 5.60. The van der Waals surface area contributed by atoms with Crippen molar-refractivity contribution in [3.63, 3.8) is 0 Å². The van der Waals surface area contributed by atoms with E-state index < -0.39 is 11.9 Å². The minimum absolute atomic E-state index is 0.0833. The van der Waals surface area contributed by atoms with Crippen molar-refractivity contribution in [2.24, 2.45) is 5.41 Å². The SMILES string of the molecule is C=C.O=C(O)c1ccc(C(=O)O)cc1.OCC1(CO)CCCCC1. The molecule has 1 saturated carbocycles. The van der Waals surface area contributed by atoms with E-state index in [4.69, 9.17) is 20.4 Å². The molecule has 1 aromatic rings. The van der Waals surface area contributed by atoms with E-state index in [0.29, 0.717) is 0 Å². The number of hydrogen-bond donors (Lipinski definition) is 4. The molecule has 0 aromatic heterocycles. The Kier molecular flexibility index (Phi) is 10.3. The molecule has 1 fully saturated rings. The fourth-order valence-corrected chi connectivity index (χ4v) is 2.42. The molecule has 0 bridgehead atoms. The second-order valence-electron chi connectivity index (χ2n) is 5.56. The number of aliphatic hydroxyl groups excluding tert-OH is 2. The third kappa shape index (κ3) is 6.93. The Bertz CT molecular complexity index is 464. The zero-order valence-corrected chi connectivity index (χ0v) is 13.8. The quantitative estimate of drug-likeness (QED) is 0.628. The van der Waals surface area contributed by atoms with Crippen LogP contribution >= 0.6 is 0 Å². The Labute approximate surface area is 142 Å². The molecule has 24 heavy (non-hydrogen) atoms. The van der Waals surface area contributed by atoms with Crippen LogP contribution in [-0.2, 0) is 0 Å². The fraction of sp³-hybridized carbons (Fsp3) is 0.444. The highest BCUT2D eigenvalue weighted by Crippen LogP contribution is 2.34. The fourth-order valence-electron chi connectivity index (χ4n) is 2.42. The second-order valence-corrected chi connectivity index (χ2v) is 5.56. The molecule has 1 aromatic carbocycles. The summed E-state index contributed by atoms with van der Waals surface area (Å²) in [4.78, 5) is 20.7. The van der Waals surface area contributed by atoms with Gasteiger partial charge in [-0.25, -0.2) is 9.59 Å². The molecule has 0 unspecified atom stereocenters. The van der Waals surface area contributed by atoms with Crippen molar-refractivity contribution in [3.05, 3.63) is 48.6 Å². The Morgan fingerprint density at radius 1 is 0.833 bits per heavy atom. The van der Waals surface area contributed by atoms with Crippen molar-refractivity contribution in [1.29, 1.82) is 0 Å². The lowest BCUT2D eigenvalue weighted by Crippen LogP contribution is -2.31. The Hall–Kier alpha value is -2.18. The first-order chi connectivity index (χ1) is 11.4. The number of rotatable bonds is 4. The number of hydrogen-bond acceptors (Lipinski definition) is 4. The van der Waals surface area contributed by atoms with Crippen LogP contribution in [0.25, 0.3) is 0 Å². The third-order valence-electron chi connectivity index (χ3n) is 3.96. The van der Waals surface area contributed by atoms with Gasteiger partial charge < -0.3 is 20.4 Å². The molecular formula is C18H26O6. The van der Waals surface area contributed by atoms with Crippen LogP contribution in [0.15, 0.2) is 37.4 Å². The summed E-state index contributed by atoms with van der Waals surface area (Å²) in [5, 5.41) is 34.9. The van der Waals surface area contributed by atoms with Gasteiger partial charge in [0, 0.05) is 5.41 Å². The van der Waals surface area contributed by atoms with Crippen LogP contribution in [0, 0.1) is 5.41 Å². The first kappa shape index (κ1) is 21.8. The zero-order chi connectivity index (χ0) is 18.6. The molecular weight excluding hydrogens is 312 g/mol. The molecule has 6 nitrogen and oxygen atoms in total. The van der Waals surface area contributed by atoms with E-state index in [1.165, 1.54) is 43.5 Å². The van der Waals surface area contributed by atoms with Gasteiger partial charge in [-0.05, 0) is 37.1 Å². The maximum absolute atomic E-state index is 10.3. The Balaban J connectivity index is 0.000000405. The van der Waals surface area contributed by atoms with Crippen LogP contribution < -0.4 is 0 Å². The lowest BCUT2D eigenvalue weighted by molar-refractivity contribution is 0.0234. The monoisotopic (exact) mass is 338 g/mol. The molecule has 0 saturated heterocycles. The van der Waals surface area contributed by atoms with Gasteiger partial charge in [0.2, 0.25) is 0 Å². The van der Waals surface area contributed by atoms with E-state index in [-0.39, 0.29) is 29.8 Å². The lowest BCUT2D eigenvalue weighted by Gasteiger charge is -2.33. The third-order valence-corrected chi connectivity index (χ3v) is 3.96. The molecule has 1 aliphatic carbocycles. The average molecular weight is 338 g/mol. The number of benzene rings is 1. The number of carboxylic acid groups (broad SMARTS) is 2. The van der Waals surface area contributed by atoms with Gasteiger partial charge in [-0.1, -0.05) is 19.3 Å². The first-order valence-electron chi connectivity index (χ1n) is 7.72. The molecule has 0 aliphatic heterocycles. The van der Waals surface area contributed by atoms with Gasteiger partial charge in [-0.2, -0.15) is 0 Å². The topological polar surface area (TPSA) is 115 Å². The molecule has 134 valence electrons. The van der Waals surface area contributed by atoms with Crippen LogP contribution in [0.4, 0.5) is 0 Å². The van der Waals surface area contributed by atoms with Crippen molar-refractivity contribution in [3.8, 4) is 0 Å². The van der Waals surface area contributed by atoms with Crippen LogP contribution in [-0.4, -0.2) is 45.6 Å². The van der Waals surface area contributed by atoms with Gasteiger partial charge >= 0.3 is 11.9 Å². The Morgan fingerprint density at radius 3 is 1.38 bits per heavy atom. The molecule has 4 N–H and O–H groups in total. The highest BCUT2D eigenvalue weighted by atomic mass is 16.4. The first-order valence-corrected chi connectivity index (χ1v) is 7.72. The van der Waals surface area contributed by atoms with Gasteiger partial charge in [-0.15, -0.1) is 13.2 Å². The maximum atomic E-state index is 10.3. The minimum atomic E-state index is -1.06. The number of carbonyl (C=O) groups is 2. The summed E-state index contributed by atoms with van der Waals surface area (Å²) in [6, 6.07) is 5.02. The summed E-state index contributed by atoms with van der Waals surface area (Å²) in [5.41, 5.74) is 0.0399. The predicted octanol–water partition coefficient (Wildman–Crippen LogP) is 2.81. The van der Waals surface area contributed by atoms with Crippen LogP contribution in [0.2, 0.25) is 0 Å². The Morgan fingerprint density at radius 2 is 1.17 bits per heavy atom. The van der Waals surface area contributed by atoms with Gasteiger partial charge in [0.05, 0.1) is 24.3 Å². The van der Waals surface area contributed by atoms with Crippen molar-refractivity contribution < 1.29 is 30.0 Å². The molecule has 0 heterocycles. The normalized spacial score (nSPS) is 15.1. The minimum Gasteiger partial charge on any atom is -0.478 e. The predicted molar refractivity (Wildman–Crippen MR) is 91.3 cm³/mol. The number of aliphatic hydroxyl groups is 2. The highest BCUT2D eigenvalue weighted by Gasteiger charge is 2.30. The van der Waals surface area contributed by atoms with Crippen molar-refractivity contribution >= 4 is 11.9 Å². The van der Waals surface area contributed by atoms with Gasteiger partial charge in [-0.3, -0.25) is 0 Å². The van der Waals surface area contributed by atoms with Crippen molar-refractivity contribution in [2.75, 3.05) is 13.2 Å². The molecule has 0 radical (unpaired) electrons. The lowest BCUT2D eigenvalue weighted by atomic mass is 9.75. The molecule has 1 aliphatic rings. The smallest absolute Gasteiger partial charge is 0.335 e. The highest BCUT2D eigenvalue weighted by molar-refractivity contribution is 5.91. The summed E-state index contributed by atoms with van der Waals surface area (Å²) < 4.78 is 0.